The number of aromatic nitrogens is 1. The van der Waals surface area contributed by atoms with Crippen LogP contribution in [0.1, 0.15) is 38.7 Å². The molecular formula is C14H17ClF3N2S+. The average molecular weight is 338 g/mol. The molecule has 0 spiro atoms. The second-order valence-electron chi connectivity index (χ2n) is 6.25. The fraction of sp³-hybridized carbons (Fsp3) is 0.643. The number of pyridine rings is 1. The highest BCUT2D eigenvalue weighted by Crippen LogP contribution is 2.60. The van der Waals surface area contributed by atoms with Crippen molar-refractivity contribution in [1.29, 1.82) is 0 Å². The average Bonchev–Trinajstić information content (AvgIpc) is 2.36. The monoisotopic (exact) mass is 337 g/mol. The first kappa shape index (κ1) is 15.4. The number of halogens is 4. The van der Waals surface area contributed by atoms with E-state index in [1.54, 1.807) is 11.9 Å². The zero-order valence-corrected chi connectivity index (χ0v) is 13.4. The predicted molar refractivity (Wildman–Crippen MR) is 80.2 cm³/mol. The van der Waals surface area contributed by atoms with Gasteiger partial charge >= 0.3 is 6.18 Å². The molecule has 0 bridgehead atoms. The summed E-state index contributed by atoms with van der Waals surface area (Å²) in [5.41, 5.74) is -0.784. The zero-order valence-electron chi connectivity index (χ0n) is 11.9. The quantitative estimate of drug-likeness (QED) is 0.525. The minimum Gasteiger partial charge on any atom is -0.208 e. The van der Waals surface area contributed by atoms with Gasteiger partial charge in [-0.1, -0.05) is 11.6 Å². The molecule has 3 heterocycles. The molecule has 0 N–H and O–H groups in total. The lowest BCUT2D eigenvalue weighted by Crippen LogP contribution is -2.72. The first-order valence-electron chi connectivity index (χ1n) is 6.99. The highest BCUT2D eigenvalue weighted by molar-refractivity contribution is 8.01. The maximum atomic E-state index is 12.7. The van der Waals surface area contributed by atoms with Gasteiger partial charge in [-0.15, -0.1) is 0 Å². The number of fused-ring (bicyclic) bond motifs is 1. The van der Waals surface area contributed by atoms with Gasteiger partial charge in [0.2, 0.25) is 0 Å². The topological polar surface area (TPSA) is 12.9 Å². The Kier molecular flexibility index (Phi) is 3.50. The molecule has 1 aromatic heterocycles. The van der Waals surface area contributed by atoms with Crippen molar-refractivity contribution in [3.8, 4) is 0 Å². The van der Waals surface area contributed by atoms with Gasteiger partial charge in [-0.3, -0.25) is 0 Å². The summed E-state index contributed by atoms with van der Waals surface area (Å²) in [4.78, 5) is 4.11. The lowest BCUT2D eigenvalue weighted by molar-refractivity contribution is -0.137. The van der Waals surface area contributed by atoms with Crippen molar-refractivity contribution in [2.75, 3.05) is 6.54 Å². The third kappa shape index (κ3) is 2.35. The fourth-order valence-electron chi connectivity index (χ4n) is 3.60. The Hall–Kier alpha value is -0.460. The zero-order chi connectivity index (χ0) is 15.5. The molecule has 116 valence electrons. The third-order valence-electron chi connectivity index (χ3n) is 4.43. The van der Waals surface area contributed by atoms with Gasteiger partial charge in [-0.2, -0.15) is 13.2 Å². The third-order valence-corrected chi connectivity index (χ3v) is 6.39. The van der Waals surface area contributed by atoms with Crippen molar-refractivity contribution in [2.24, 2.45) is 0 Å². The molecule has 3 rings (SSSR count). The van der Waals surface area contributed by atoms with Gasteiger partial charge in [0.15, 0.2) is 0 Å². The Morgan fingerprint density at radius 2 is 2.10 bits per heavy atom. The molecule has 0 amide bonds. The molecule has 0 radical (unpaired) electrons. The van der Waals surface area contributed by atoms with Crippen LogP contribution in [0.4, 0.5) is 19.0 Å². The Morgan fingerprint density at radius 1 is 1.38 bits per heavy atom. The van der Waals surface area contributed by atoms with E-state index in [2.05, 4.69) is 18.8 Å². The number of piperidine rings is 1. The summed E-state index contributed by atoms with van der Waals surface area (Å²) in [6.45, 7) is 5.25. The highest BCUT2D eigenvalue weighted by atomic mass is 35.5. The Morgan fingerprint density at radius 3 is 2.67 bits per heavy atom. The van der Waals surface area contributed by atoms with E-state index >= 15 is 0 Å². The van der Waals surface area contributed by atoms with Gasteiger partial charge in [0.05, 0.1) is 24.1 Å². The van der Waals surface area contributed by atoms with Crippen molar-refractivity contribution in [3.63, 3.8) is 0 Å². The number of alkyl halides is 3. The van der Waals surface area contributed by atoms with Crippen molar-refractivity contribution < 1.29 is 13.2 Å². The first-order valence-corrected chi connectivity index (χ1v) is 8.14. The van der Waals surface area contributed by atoms with E-state index in [-0.39, 0.29) is 9.77 Å². The van der Waals surface area contributed by atoms with E-state index in [4.69, 9.17) is 11.6 Å². The van der Waals surface area contributed by atoms with Gasteiger partial charge in [-0.25, -0.2) is 8.87 Å². The lowest BCUT2D eigenvalue weighted by Gasteiger charge is -2.59. The standard InChI is InChI=1S/C14H17ClF3N2S/c1-13(2)11-5-3-4-6-20(11,21-13)12-10(15)7-9(8-19-12)14(16,17)18/h7-8,11H,3-6H2,1-2H3/q+1. The van der Waals surface area contributed by atoms with Gasteiger partial charge in [-0.05, 0) is 32.8 Å². The molecule has 7 heteroatoms. The number of hydrogen-bond acceptors (Lipinski definition) is 2. The summed E-state index contributed by atoms with van der Waals surface area (Å²) in [5, 5.41) is 0.125. The number of rotatable bonds is 1. The van der Waals surface area contributed by atoms with E-state index in [1.165, 1.54) is 0 Å². The first-order chi connectivity index (χ1) is 9.67. The molecule has 0 aromatic carbocycles. The summed E-state index contributed by atoms with van der Waals surface area (Å²) < 4.78 is 38.9. The summed E-state index contributed by atoms with van der Waals surface area (Å²) >= 11 is 7.91. The van der Waals surface area contributed by atoms with Gasteiger partial charge in [0.25, 0.3) is 5.82 Å². The normalized spacial score (nSPS) is 31.4. The Labute approximate surface area is 131 Å². The molecule has 0 saturated carbocycles. The van der Waals surface area contributed by atoms with Crippen molar-refractivity contribution in [3.05, 3.63) is 22.8 Å². The van der Waals surface area contributed by atoms with E-state index in [1.807, 2.05) is 0 Å². The maximum Gasteiger partial charge on any atom is 0.417 e. The molecule has 1 aromatic rings. The Balaban J connectivity index is 2.00. The van der Waals surface area contributed by atoms with Crippen LogP contribution in [0.25, 0.3) is 0 Å². The van der Waals surface area contributed by atoms with Gasteiger partial charge in [0.1, 0.15) is 15.8 Å². The van der Waals surface area contributed by atoms with Crippen LogP contribution in [-0.2, 0) is 6.18 Å². The van der Waals surface area contributed by atoms with Gasteiger partial charge in [0, 0.05) is 12.6 Å². The van der Waals surface area contributed by atoms with E-state index < -0.39 is 11.7 Å². The van der Waals surface area contributed by atoms with Crippen molar-refractivity contribution in [1.82, 2.24) is 8.87 Å². The molecule has 2 aliphatic heterocycles. The van der Waals surface area contributed by atoms with Crippen LogP contribution >= 0.6 is 23.5 Å². The molecule has 0 aliphatic carbocycles. The summed E-state index contributed by atoms with van der Waals surface area (Å²) in [6.07, 6.45) is -0.214. The maximum absolute atomic E-state index is 12.7. The largest absolute Gasteiger partial charge is 0.417 e. The molecule has 2 fully saturated rings. The molecule has 2 unspecified atom stereocenters. The second kappa shape index (κ2) is 4.77. The molecule has 21 heavy (non-hydrogen) atoms. The minimum atomic E-state index is -4.40. The van der Waals surface area contributed by atoms with Crippen LogP contribution in [-0.4, -0.2) is 22.3 Å². The molecule has 2 saturated heterocycles. The van der Waals surface area contributed by atoms with Crippen LogP contribution < -0.4 is 3.89 Å². The van der Waals surface area contributed by atoms with E-state index in [0.717, 1.165) is 38.1 Å². The summed E-state index contributed by atoms with van der Waals surface area (Å²) in [6, 6.07) is 1.38. The highest BCUT2D eigenvalue weighted by Gasteiger charge is 2.65. The van der Waals surface area contributed by atoms with E-state index in [9.17, 15) is 13.2 Å². The summed E-state index contributed by atoms with van der Waals surface area (Å²) in [7, 11) is 0. The van der Waals surface area contributed by atoms with Crippen LogP contribution in [0, 0.1) is 0 Å². The smallest absolute Gasteiger partial charge is 0.208 e. The second-order valence-corrected chi connectivity index (χ2v) is 8.55. The fourth-order valence-corrected chi connectivity index (χ4v) is 6.01. The van der Waals surface area contributed by atoms with Crippen LogP contribution in [0.3, 0.4) is 0 Å². The van der Waals surface area contributed by atoms with Crippen LogP contribution in [0.15, 0.2) is 12.3 Å². The molecular weight excluding hydrogens is 321 g/mol. The SMILES string of the molecule is CC1(C)S[N+]2(c3ncc(C(F)(F)F)cc3Cl)CCCCC12. The Bertz CT molecular complexity index is 576. The van der Waals surface area contributed by atoms with E-state index in [0.29, 0.717) is 15.7 Å². The molecule has 2 nitrogen and oxygen atoms in total. The van der Waals surface area contributed by atoms with Crippen molar-refractivity contribution >= 4 is 29.4 Å². The van der Waals surface area contributed by atoms with Crippen LogP contribution in [0.5, 0.6) is 0 Å². The number of quaternary nitrogens is 1. The number of hydrogen-bond donors (Lipinski definition) is 0. The predicted octanol–water partition coefficient (Wildman–Crippen LogP) is 5.05. The molecule has 2 aliphatic rings. The number of nitrogens with zero attached hydrogens (tertiary/aromatic N) is 2. The molecule has 2 atom stereocenters. The minimum absolute atomic E-state index is 0.119. The summed E-state index contributed by atoms with van der Waals surface area (Å²) in [5.74, 6) is 0.582. The van der Waals surface area contributed by atoms with Crippen molar-refractivity contribution in [2.45, 2.75) is 50.1 Å². The van der Waals surface area contributed by atoms with Crippen LogP contribution in [0.2, 0.25) is 5.02 Å². The lowest BCUT2D eigenvalue weighted by atomic mass is 9.91. The van der Waals surface area contributed by atoms with Gasteiger partial charge < -0.3 is 0 Å².